The molecular formula is C8H13NO5S. The van der Waals surface area contributed by atoms with Gasteiger partial charge in [-0.25, -0.2) is 0 Å². The fraction of sp³-hybridized carbons (Fsp3) is 0.875. The van der Waals surface area contributed by atoms with Gasteiger partial charge in [-0.05, 0) is 0 Å². The SMILES string of the molecule is N#CCS[C@@H]1O[C@H](CO)[C@H](O)[C@H](O)[C@H]1O. The molecule has 1 aliphatic heterocycles. The van der Waals surface area contributed by atoms with Gasteiger partial charge in [0.15, 0.2) is 0 Å². The number of nitriles is 1. The summed E-state index contributed by atoms with van der Waals surface area (Å²) in [5.74, 6) is 0.0999. The maximum atomic E-state index is 9.50. The number of rotatable bonds is 3. The molecule has 6 nitrogen and oxygen atoms in total. The summed E-state index contributed by atoms with van der Waals surface area (Å²) in [6.07, 6.45) is -4.88. The fourth-order valence-corrected chi connectivity index (χ4v) is 2.14. The van der Waals surface area contributed by atoms with Crippen molar-refractivity contribution in [3.8, 4) is 6.07 Å². The van der Waals surface area contributed by atoms with Crippen LogP contribution < -0.4 is 0 Å². The van der Waals surface area contributed by atoms with Crippen LogP contribution >= 0.6 is 11.8 Å². The van der Waals surface area contributed by atoms with E-state index in [2.05, 4.69) is 0 Å². The first-order chi connectivity index (χ1) is 7.11. The zero-order valence-electron chi connectivity index (χ0n) is 7.85. The van der Waals surface area contributed by atoms with E-state index in [9.17, 15) is 15.3 Å². The second kappa shape index (κ2) is 5.65. The first kappa shape index (κ1) is 12.7. The van der Waals surface area contributed by atoms with Crippen LogP contribution in [0.25, 0.3) is 0 Å². The summed E-state index contributed by atoms with van der Waals surface area (Å²) in [7, 11) is 0. The topological polar surface area (TPSA) is 114 Å². The van der Waals surface area contributed by atoms with Gasteiger partial charge in [-0.15, -0.1) is 11.8 Å². The van der Waals surface area contributed by atoms with Crippen molar-refractivity contribution in [2.45, 2.75) is 29.9 Å². The fourth-order valence-electron chi connectivity index (χ4n) is 1.32. The average Bonchev–Trinajstić information content (AvgIpc) is 2.25. The molecule has 0 bridgehead atoms. The van der Waals surface area contributed by atoms with Gasteiger partial charge < -0.3 is 25.2 Å². The van der Waals surface area contributed by atoms with Crippen LogP contribution in [-0.2, 0) is 4.74 Å². The Labute approximate surface area is 91.1 Å². The minimum absolute atomic E-state index is 0.0999. The number of aliphatic hydroxyl groups excluding tert-OH is 4. The van der Waals surface area contributed by atoms with Crippen molar-refractivity contribution in [2.24, 2.45) is 0 Å². The van der Waals surface area contributed by atoms with Gasteiger partial charge in [0.05, 0.1) is 18.4 Å². The zero-order chi connectivity index (χ0) is 11.4. The molecule has 1 aliphatic rings. The van der Waals surface area contributed by atoms with E-state index in [1.807, 2.05) is 6.07 Å². The summed E-state index contributed by atoms with van der Waals surface area (Å²) in [6, 6.07) is 1.86. The lowest BCUT2D eigenvalue weighted by Crippen LogP contribution is -2.57. The molecule has 0 amide bonds. The summed E-state index contributed by atoms with van der Waals surface area (Å²) >= 11 is 1.01. The Morgan fingerprint density at radius 1 is 1.20 bits per heavy atom. The average molecular weight is 235 g/mol. The highest BCUT2D eigenvalue weighted by Crippen LogP contribution is 2.27. The molecule has 5 atom stereocenters. The predicted octanol–water partition coefficient (Wildman–Crippen LogP) is -1.96. The molecule has 4 N–H and O–H groups in total. The molecule has 0 spiro atoms. The maximum absolute atomic E-state index is 9.50. The number of thioether (sulfide) groups is 1. The lowest BCUT2D eigenvalue weighted by Gasteiger charge is -2.39. The van der Waals surface area contributed by atoms with Crippen molar-refractivity contribution in [3.63, 3.8) is 0 Å². The normalized spacial score (nSPS) is 41.1. The van der Waals surface area contributed by atoms with Gasteiger partial charge in [0.25, 0.3) is 0 Å². The summed E-state index contributed by atoms with van der Waals surface area (Å²) in [6.45, 7) is -0.450. The Morgan fingerprint density at radius 3 is 2.40 bits per heavy atom. The monoisotopic (exact) mass is 235 g/mol. The van der Waals surface area contributed by atoms with Crippen molar-refractivity contribution in [3.05, 3.63) is 0 Å². The number of hydrogen-bond donors (Lipinski definition) is 4. The van der Waals surface area contributed by atoms with Crippen LogP contribution in [0, 0.1) is 11.3 Å². The zero-order valence-corrected chi connectivity index (χ0v) is 8.67. The van der Waals surface area contributed by atoms with Crippen LogP contribution in [0.4, 0.5) is 0 Å². The van der Waals surface area contributed by atoms with Gasteiger partial charge in [0.2, 0.25) is 0 Å². The van der Waals surface area contributed by atoms with Crippen molar-refractivity contribution in [2.75, 3.05) is 12.4 Å². The van der Waals surface area contributed by atoms with Gasteiger partial charge in [-0.3, -0.25) is 0 Å². The molecule has 1 saturated heterocycles. The molecular weight excluding hydrogens is 222 g/mol. The van der Waals surface area contributed by atoms with E-state index in [4.69, 9.17) is 15.1 Å². The van der Waals surface area contributed by atoms with Gasteiger partial charge in [-0.2, -0.15) is 5.26 Å². The quantitative estimate of drug-likeness (QED) is 0.449. The largest absolute Gasteiger partial charge is 0.394 e. The van der Waals surface area contributed by atoms with Gasteiger partial charge in [0.1, 0.15) is 29.9 Å². The molecule has 1 heterocycles. The van der Waals surface area contributed by atoms with E-state index in [0.717, 1.165) is 11.8 Å². The Hall–Kier alpha value is -0.360. The second-order valence-corrected chi connectivity index (χ2v) is 4.25. The van der Waals surface area contributed by atoms with Crippen LogP contribution in [0.2, 0.25) is 0 Å². The molecule has 0 radical (unpaired) electrons. The third kappa shape index (κ3) is 2.81. The van der Waals surface area contributed by atoms with Crippen LogP contribution in [0.15, 0.2) is 0 Å². The van der Waals surface area contributed by atoms with Crippen LogP contribution in [0.3, 0.4) is 0 Å². The minimum Gasteiger partial charge on any atom is -0.394 e. The van der Waals surface area contributed by atoms with Crippen molar-refractivity contribution in [1.82, 2.24) is 0 Å². The van der Waals surface area contributed by atoms with Gasteiger partial charge in [-0.1, -0.05) is 0 Å². The number of nitrogens with zero attached hydrogens (tertiary/aromatic N) is 1. The lowest BCUT2D eigenvalue weighted by molar-refractivity contribution is -0.205. The summed E-state index contributed by atoms with van der Waals surface area (Å²) in [4.78, 5) is 0. The van der Waals surface area contributed by atoms with E-state index in [1.165, 1.54) is 0 Å². The van der Waals surface area contributed by atoms with E-state index in [1.54, 1.807) is 0 Å². The summed E-state index contributed by atoms with van der Waals surface area (Å²) in [5, 5.41) is 45.5. The Balaban J connectivity index is 2.62. The molecule has 15 heavy (non-hydrogen) atoms. The highest BCUT2D eigenvalue weighted by atomic mass is 32.2. The highest BCUT2D eigenvalue weighted by Gasteiger charge is 2.43. The predicted molar refractivity (Wildman–Crippen MR) is 51.8 cm³/mol. The third-order valence-electron chi connectivity index (χ3n) is 2.16. The number of ether oxygens (including phenoxy) is 1. The van der Waals surface area contributed by atoms with Crippen LogP contribution in [0.5, 0.6) is 0 Å². The lowest BCUT2D eigenvalue weighted by atomic mass is 10.0. The molecule has 1 fully saturated rings. The van der Waals surface area contributed by atoms with Gasteiger partial charge in [0, 0.05) is 0 Å². The standard InChI is InChI=1S/C8H13NO5S/c9-1-2-15-8-7(13)6(12)5(11)4(3-10)14-8/h4-8,10-13H,2-3H2/t4-,5+,6+,7-,8+/m1/s1. The van der Waals surface area contributed by atoms with E-state index >= 15 is 0 Å². The molecule has 86 valence electrons. The summed E-state index contributed by atoms with van der Waals surface area (Å²) < 4.78 is 5.13. The second-order valence-electron chi connectivity index (χ2n) is 3.17. The third-order valence-corrected chi connectivity index (χ3v) is 3.17. The van der Waals surface area contributed by atoms with E-state index in [-0.39, 0.29) is 5.75 Å². The Kier molecular flexibility index (Phi) is 4.79. The van der Waals surface area contributed by atoms with Crippen molar-refractivity contribution >= 4 is 11.8 Å². The van der Waals surface area contributed by atoms with Gasteiger partial charge >= 0.3 is 0 Å². The van der Waals surface area contributed by atoms with E-state index < -0.39 is 36.5 Å². The number of aliphatic hydroxyl groups is 4. The highest BCUT2D eigenvalue weighted by molar-refractivity contribution is 8.00. The van der Waals surface area contributed by atoms with E-state index in [0.29, 0.717) is 0 Å². The van der Waals surface area contributed by atoms with Crippen LogP contribution in [-0.4, -0.2) is 62.6 Å². The molecule has 7 heteroatoms. The Morgan fingerprint density at radius 2 is 1.87 bits per heavy atom. The molecule has 0 unspecified atom stereocenters. The molecule has 0 aromatic carbocycles. The first-order valence-corrected chi connectivity index (χ1v) is 5.45. The molecule has 0 aliphatic carbocycles. The smallest absolute Gasteiger partial charge is 0.133 e. The summed E-state index contributed by atoms with van der Waals surface area (Å²) in [5.41, 5.74) is -0.805. The Bertz CT molecular complexity index is 244. The molecule has 0 aromatic rings. The number of hydrogen-bond acceptors (Lipinski definition) is 7. The van der Waals surface area contributed by atoms with Crippen LogP contribution in [0.1, 0.15) is 0 Å². The maximum Gasteiger partial charge on any atom is 0.133 e. The molecule has 0 aromatic heterocycles. The van der Waals surface area contributed by atoms with Crippen molar-refractivity contribution in [1.29, 1.82) is 5.26 Å². The molecule has 0 saturated carbocycles. The molecule has 1 rings (SSSR count). The minimum atomic E-state index is -1.37. The first-order valence-electron chi connectivity index (χ1n) is 4.41. The van der Waals surface area contributed by atoms with Crippen molar-refractivity contribution < 1.29 is 25.2 Å².